The Kier molecular flexibility index (Phi) is 4.48. The van der Waals surface area contributed by atoms with Crippen LogP contribution in [0.4, 0.5) is 0 Å². The van der Waals surface area contributed by atoms with Crippen molar-refractivity contribution in [2.24, 2.45) is 23.1 Å². The van der Waals surface area contributed by atoms with Gasteiger partial charge in [-0.2, -0.15) is 0 Å². The second kappa shape index (κ2) is 5.71. The first-order valence-corrected chi connectivity index (χ1v) is 7.61. The van der Waals surface area contributed by atoms with Gasteiger partial charge in [-0.1, -0.05) is 46.0 Å². The number of hydrogen-bond acceptors (Lipinski definition) is 2. The van der Waals surface area contributed by atoms with Gasteiger partial charge in [0.2, 0.25) is 0 Å². The number of hydrogen-bond donors (Lipinski definition) is 2. The number of hydrazine groups is 1. The van der Waals surface area contributed by atoms with Gasteiger partial charge >= 0.3 is 0 Å². The van der Waals surface area contributed by atoms with E-state index in [4.69, 9.17) is 5.84 Å². The lowest BCUT2D eigenvalue weighted by Gasteiger charge is -2.46. The molecule has 0 aromatic carbocycles. The number of rotatable bonds is 3. The van der Waals surface area contributed by atoms with Crippen molar-refractivity contribution in [2.75, 3.05) is 0 Å². The highest BCUT2D eigenvalue weighted by atomic mass is 15.2. The summed E-state index contributed by atoms with van der Waals surface area (Å²) in [5.41, 5.74) is 3.68. The Bertz CT molecular complexity index is 231. The van der Waals surface area contributed by atoms with Gasteiger partial charge in [0.05, 0.1) is 0 Å². The molecule has 2 atom stereocenters. The van der Waals surface area contributed by atoms with E-state index >= 15 is 0 Å². The molecule has 2 nitrogen and oxygen atoms in total. The van der Waals surface area contributed by atoms with Crippen molar-refractivity contribution in [3.8, 4) is 0 Å². The molecule has 2 fully saturated rings. The minimum atomic E-state index is 0.479. The van der Waals surface area contributed by atoms with Gasteiger partial charge in [0.25, 0.3) is 0 Å². The Labute approximate surface area is 107 Å². The molecule has 0 heterocycles. The van der Waals surface area contributed by atoms with E-state index in [1.165, 1.54) is 57.8 Å². The zero-order chi connectivity index (χ0) is 12.3. The molecule has 2 aliphatic rings. The zero-order valence-corrected chi connectivity index (χ0v) is 11.7. The van der Waals surface area contributed by atoms with Crippen LogP contribution in [0.3, 0.4) is 0 Å². The Morgan fingerprint density at radius 2 is 1.65 bits per heavy atom. The van der Waals surface area contributed by atoms with Gasteiger partial charge in [-0.15, -0.1) is 0 Å². The van der Waals surface area contributed by atoms with E-state index in [1.54, 1.807) is 0 Å². The number of nitrogens with one attached hydrogen (secondary N) is 1. The molecule has 0 spiro atoms. The lowest BCUT2D eigenvalue weighted by Crippen LogP contribution is -2.51. The summed E-state index contributed by atoms with van der Waals surface area (Å²) < 4.78 is 0. The average molecular weight is 238 g/mol. The standard InChI is InChI=1S/C15H30N2/c1-15(2)11-7-6-10-13(15)14(17-16)12-8-4-3-5-9-12/h12-14,17H,3-11,16H2,1-2H3. The van der Waals surface area contributed by atoms with Crippen LogP contribution in [0.2, 0.25) is 0 Å². The predicted molar refractivity (Wildman–Crippen MR) is 73.4 cm³/mol. The largest absolute Gasteiger partial charge is 0.271 e. The molecular formula is C15H30N2. The Balaban J connectivity index is 2.04. The van der Waals surface area contributed by atoms with Crippen molar-refractivity contribution in [2.45, 2.75) is 77.7 Å². The minimum absolute atomic E-state index is 0.479. The van der Waals surface area contributed by atoms with Gasteiger partial charge in [0, 0.05) is 6.04 Å². The molecule has 3 N–H and O–H groups in total. The summed E-state index contributed by atoms with van der Waals surface area (Å²) in [5, 5.41) is 0. The van der Waals surface area contributed by atoms with Gasteiger partial charge in [0.1, 0.15) is 0 Å². The SMILES string of the molecule is CC1(C)CCCCC1C(NN)C1CCCCC1. The molecule has 100 valence electrons. The fourth-order valence-corrected chi connectivity index (χ4v) is 4.26. The third-order valence-corrected chi connectivity index (χ3v) is 5.37. The lowest BCUT2D eigenvalue weighted by atomic mass is 9.62. The average Bonchev–Trinajstić information content (AvgIpc) is 2.33. The van der Waals surface area contributed by atoms with Crippen LogP contribution in [0.25, 0.3) is 0 Å². The molecule has 0 saturated heterocycles. The molecule has 2 unspecified atom stereocenters. The monoisotopic (exact) mass is 238 g/mol. The molecule has 17 heavy (non-hydrogen) atoms. The summed E-state index contributed by atoms with van der Waals surface area (Å²) in [7, 11) is 0. The van der Waals surface area contributed by atoms with Crippen molar-refractivity contribution < 1.29 is 0 Å². The molecular weight excluding hydrogens is 208 g/mol. The van der Waals surface area contributed by atoms with E-state index in [2.05, 4.69) is 19.3 Å². The topological polar surface area (TPSA) is 38.0 Å². The normalized spacial score (nSPS) is 32.3. The Hall–Kier alpha value is -0.0800. The van der Waals surface area contributed by atoms with Crippen molar-refractivity contribution in [3.05, 3.63) is 0 Å². The molecule has 2 aliphatic carbocycles. The quantitative estimate of drug-likeness (QED) is 0.582. The second-order valence-electron chi connectivity index (χ2n) is 6.93. The van der Waals surface area contributed by atoms with E-state index in [0.717, 1.165) is 11.8 Å². The maximum absolute atomic E-state index is 5.91. The minimum Gasteiger partial charge on any atom is -0.271 e. The van der Waals surface area contributed by atoms with Gasteiger partial charge in [0.15, 0.2) is 0 Å². The van der Waals surface area contributed by atoms with Gasteiger partial charge in [-0.3, -0.25) is 11.3 Å². The van der Waals surface area contributed by atoms with Crippen LogP contribution in [0.5, 0.6) is 0 Å². The highest BCUT2D eigenvalue weighted by molar-refractivity contribution is 4.93. The van der Waals surface area contributed by atoms with Gasteiger partial charge in [-0.05, 0) is 42.9 Å². The van der Waals surface area contributed by atoms with E-state index in [1.807, 2.05) is 0 Å². The van der Waals surface area contributed by atoms with Crippen molar-refractivity contribution in [1.82, 2.24) is 5.43 Å². The zero-order valence-electron chi connectivity index (χ0n) is 11.7. The smallest absolute Gasteiger partial charge is 0.0272 e. The maximum atomic E-state index is 5.91. The van der Waals surface area contributed by atoms with Gasteiger partial charge in [-0.25, -0.2) is 0 Å². The second-order valence-corrected chi connectivity index (χ2v) is 6.93. The van der Waals surface area contributed by atoms with Crippen LogP contribution in [-0.2, 0) is 0 Å². The molecule has 0 bridgehead atoms. The van der Waals surface area contributed by atoms with Crippen LogP contribution in [0.15, 0.2) is 0 Å². The van der Waals surface area contributed by atoms with E-state index < -0.39 is 0 Å². The summed E-state index contributed by atoms with van der Waals surface area (Å²) in [6, 6.07) is 0.561. The van der Waals surface area contributed by atoms with Crippen molar-refractivity contribution in [3.63, 3.8) is 0 Å². The summed E-state index contributed by atoms with van der Waals surface area (Å²) in [6.45, 7) is 4.90. The van der Waals surface area contributed by atoms with Crippen molar-refractivity contribution >= 4 is 0 Å². The molecule has 2 heteroatoms. The van der Waals surface area contributed by atoms with E-state index in [-0.39, 0.29) is 0 Å². The van der Waals surface area contributed by atoms with Crippen LogP contribution in [-0.4, -0.2) is 6.04 Å². The maximum Gasteiger partial charge on any atom is 0.0272 e. The molecule has 2 rings (SSSR count). The summed E-state index contributed by atoms with van der Waals surface area (Å²) in [5.74, 6) is 7.52. The molecule has 2 saturated carbocycles. The first-order valence-electron chi connectivity index (χ1n) is 7.61. The summed E-state index contributed by atoms with van der Waals surface area (Å²) >= 11 is 0. The van der Waals surface area contributed by atoms with E-state index in [0.29, 0.717) is 11.5 Å². The first kappa shape index (κ1) is 13.4. The first-order chi connectivity index (χ1) is 8.15. The Morgan fingerprint density at radius 1 is 1.00 bits per heavy atom. The lowest BCUT2D eigenvalue weighted by molar-refractivity contribution is 0.0628. The highest BCUT2D eigenvalue weighted by Gasteiger charge is 2.40. The fraction of sp³-hybridized carbons (Fsp3) is 1.00. The Morgan fingerprint density at radius 3 is 2.24 bits per heavy atom. The third-order valence-electron chi connectivity index (χ3n) is 5.37. The van der Waals surface area contributed by atoms with E-state index in [9.17, 15) is 0 Å². The van der Waals surface area contributed by atoms with Crippen LogP contribution < -0.4 is 11.3 Å². The van der Waals surface area contributed by atoms with Crippen LogP contribution in [0, 0.1) is 17.3 Å². The van der Waals surface area contributed by atoms with Crippen LogP contribution >= 0.6 is 0 Å². The summed E-state index contributed by atoms with van der Waals surface area (Å²) in [6.07, 6.45) is 12.6. The summed E-state index contributed by atoms with van der Waals surface area (Å²) in [4.78, 5) is 0. The fourth-order valence-electron chi connectivity index (χ4n) is 4.26. The molecule has 0 amide bonds. The molecule has 0 aromatic rings. The molecule has 0 aliphatic heterocycles. The van der Waals surface area contributed by atoms with Gasteiger partial charge < -0.3 is 0 Å². The molecule has 0 radical (unpaired) electrons. The van der Waals surface area contributed by atoms with Crippen LogP contribution in [0.1, 0.15) is 71.6 Å². The number of nitrogens with two attached hydrogens (primary N) is 1. The third kappa shape index (κ3) is 3.03. The predicted octanol–water partition coefficient (Wildman–Crippen LogP) is 3.62. The highest BCUT2D eigenvalue weighted by Crippen LogP contribution is 2.45. The van der Waals surface area contributed by atoms with Crippen molar-refractivity contribution in [1.29, 1.82) is 0 Å². The molecule has 0 aromatic heterocycles.